The first-order valence-electron chi connectivity index (χ1n) is 7.78. The Morgan fingerprint density at radius 1 is 1.15 bits per heavy atom. The number of rotatable bonds is 5. The van der Waals surface area contributed by atoms with Crippen LogP contribution in [0, 0.1) is 0 Å². The number of aromatic nitrogens is 1. The third-order valence-corrected chi connectivity index (χ3v) is 4.29. The van der Waals surface area contributed by atoms with Crippen LogP contribution in [0.1, 0.15) is 29.7 Å². The number of aliphatic hydroxyl groups excluding tert-OH is 1. The van der Waals surface area contributed by atoms with E-state index in [1.165, 1.54) is 10.6 Å². The maximum atomic E-state index is 12.6. The second-order valence-corrected chi connectivity index (χ2v) is 5.86. The first kappa shape index (κ1) is 21.4. The van der Waals surface area contributed by atoms with Crippen LogP contribution in [0.4, 0.5) is 0 Å². The van der Waals surface area contributed by atoms with E-state index < -0.39 is 11.9 Å². The van der Waals surface area contributed by atoms with Gasteiger partial charge >= 0.3 is 5.97 Å². The van der Waals surface area contributed by atoms with E-state index in [-0.39, 0.29) is 5.56 Å². The third-order valence-electron chi connectivity index (χ3n) is 4.03. The number of nitrogens with zero attached hydrogens (tertiary/aromatic N) is 1. The number of carbonyl (C=O) groups is 1. The van der Waals surface area contributed by atoms with Gasteiger partial charge in [0.05, 0.1) is 5.92 Å². The fourth-order valence-corrected chi connectivity index (χ4v) is 2.92. The van der Waals surface area contributed by atoms with Crippen molar-refractivity contribution >= 4 is 29.7 Å². The zero-order valence-corrected chi connectivity index (χ0v) is 15.7. The second-order valence-electron chi connectivity index (χ2n) is 5.43. The molecule has 2 aromatic rings. The lowest BCUT2D eigenvalue weighted by Gasteiger charge is -2.22. The normalized spacial score (nSPS) is 11.1. The molecule has 0 aliphatic heterocycles. The van der Waals surface area contributed by atoms with Gasteiger partial charge in [0.1, 0.15) is 0 Å². The van der Waals surface area contributed by atoms with Crippen LogP contribution in [-0.4, -0.2) is 27.9 Å². The summed E-state index contributed by atoms with van der Waals surface area (Å²) in [6, 6.07) is 7.02. The van der Waals surface area contributed by atoms with E-state index in [0.29, 0.717) is 27.4 Å². The topological polar surface area (TPSA) is 79.5 Å². The summed E-state index contributed by atoms with van der Waals surface area (Å²) < 4.78 is 1.37. The molecule has 0 amide bonds. The number of hydrogen-bond donors (Lipinski definition) is 2. The number of aliphatic carboxylic acids is 1. The molecule has 1 aromatic heterocycles. The third kappa shape index (κ3) is 3.95. The summed E-state index contributed by atoms with van der Waals surface area (Å²) >= 11 is 5.95. The highest BCUT2D eigenvalue weighted by atomic mass is 35.5. The van der Waals surface area contributed by atoms with Crippen LogP contribution >= 0.6 is 11.6 Å². The summed E-state index contributed by atoms with van der Waals surface area (Å²) in [4.78, 5) is 24.2. The van der Waals surface area contributed by atoms with Crippen LogP contribution in [0.3, 0.4) is 0 Å². The second kappa shape index (κ2) is 9.17. The molecule has 138 valence electrons. The van der Waals surface area contributed by atoms with Gasteiger partial charge in [-0.2, -0.15) is 0 Å². The van der Waals surface area contributed by atoms with Crippen LogP contribution in [0.25, 0.3) is 23.3 Å². The molecule has 0 saturated carbocycles. The lowest BCUT2D eigenvalue weighted by Crippen LogP contribution is -2.28. The average molecular weight is 376 g/mol. The van der Waals surface area contributed by atoms with E-state index >= 15 is 0 Å². The number of carboxylic acids is 1. The summed E-state index contributed by atoms with van der Waals surface area (Å²) in [7, 11) is 2.57. The lowest BCUT2D eigenvalue weighted by molar-refractivity contribution is -0.138. The Kier molecular flexibility index (Phi) is 7.56. The van der Waals surface area contributed by atoms with Crippen LogP contribution in [0.2, 0.25) is 5.02 Å². The summed E-state index contributed by atoms with van der Waals surface area (Å²) in [6.45, 7) is 9.04. The highest BCUT2D eigenvalue weighted by molar-refractivity contribution is 6.30. The summed E-state index contributed by atoms with van der Waals surface area (Å²) in [6.07, 6.45) is 3.02. The number of pyridine rings is 1. The van der Waals surface area contributed by atoms with Gasteiger partial charge in [-0.3, -0.25) is 9.59 Å². The molecule has 2 N–H and O–H groups in total. The van der Waals surface area contributed by atoms with Gasteiger partial charge in [-0.1, -0.05) is 49.0 Å². The average Bonchev–Trinajstić information content (AvgIpc) is 2.65. The molecule has 2 rings (SSSR count). The number of carboxylic acid groups (broad SMARTS) is 1. The number of hydrogen-bond acceptors (Lipinski definition) is 3. The van der Waals surface area contributed by atoms with Crippen LogP contribution < -0.4 is 5.56 Å². The molecule has 26 heavy (non-hydrogen) atoms. The molecule has 5 nitrogen and oxygen atoms in total. The largest absolute Gasteiger partial charge is 0.481 e. The quantitative estimate of drug-likeness (QED) is 0.833. The molecule has 0 spiro atoms. The van der Waals surface area contributed by atoms with Crippen molar-refractivity contribution in [1.82, 2.24) is 4.57 Å². The van der Waals surface area contributed by atoms with Crippen LogP contribution in [-0.2, 0) is 11.8 Å². The van der Waals surface area contributed by atoms with Crippen molar-refractivity contribution in [2.75, 3.05) is 7.11 Å². The van der Waals surface area contributed by atoms with E-state index in [1.807, 2.05) is 0 Å². The molecule has 0 aliphatic carbocycles. The fourth-order valence-electron chi connectivity index (χ4n) is 2.80. The van der Waals surface area contributed by atoms with Gasteiger partial charge in [-0.05, 0) is 30.2 Å². The van der Waals surface area contributed by atoms with Crippen molar-refractivity contribution in [2.24, 2.45) is 7.05 Å². The molecular weight excluding hydrogens is 354 g/mol. The minimum Gasteiger partial charge on any atom is -0.481 e. The Labute approximate surface area is 157 Å². The highest BCUT2D eigenvalue weighted by Crippen LogP contribution is 2.34. The molecule has 6 heteroatoms. The molecule has 1 unspecified atom stereocenters. The fraction of sp³-hybridized carbons (Fsp3) is 0.200. The van der Waals surface area contributed by atoms with Gasteiger partial charge < -0.3 is 14.8 Å². The predicted octanol–water partition coefficient (Wildman–Crippen LogP) is 3.79. The molecule has 0 fully saturated rings. The summed E-state index contributed by atoms with van der Waals surface area (Å²) in [5.74, 6) is -1.88. The highest BCUT2D eigenvalue weighted by Gasteiger charge is 2.26. The lowest BCUT2D eigenvalue weighted by atomic mass is 9.89. The number of benzene rings is 1. The van der Waals surface area contributed by atoms with E-state index in [4.69, 9.17) is 16.7 Å². The Hall–Kier alpha value is -2.63. The van der Waals surface area contributed by atoms with E-state index in [9.17, 15) is 14.7 Å². The first-order chi connectivity index (χ1) is 12.3. The zero-order chi connectivity index (χ0) is 20.0. The van der Waals surface area contributed by atoms with Gasteiger partial charge in [-0.25, -0.2) is 0 Å². The Bertz CT molecular complexity index is 882. The maximum absolute atomic E-state index is 12.6. The molecule has 0 saturated heterocycles. The summed E-state index contributed by atoms with van der Waals surface area (Å²) in [5.41, 5.74) is 2.47. The Morgan fingerprint density at radius 2 is 1.65 bits per heavy atom. The smallest absolute Gasteiger partial charge is 0.312 e. The molecule has 1 atom stereocenters. The Balaban J connectivity index is 0.00000163. The zero-order valence-electron chi connectivity index (χ0n) is 15.0. The molecule has 0 radical (unpaired) electrons. The van der Waals surface area contributed by atoms with Crippen molar-refractivity contribution in [3.05, 3.63) is 69.6 Å². The molecule has 0 aliphatic rings. The monoisotopic (exact) mass is 375 g/mol. The minimum absolute atomic E-state index is 0.305. The molecule has 0 bridgehead atoms. The van der Waals surface area contributed by atoms with Gasteiger partial charge in [0.25, 0.3) is 5.56 Å². The standard InChI is InChI=1S/C19H18ClNO3.CH4O/c1-5-14-15(6-2)18(22)21(4)17(11(3)19(23)24)16(14)12-7-9-13(20)10-8-12;1-2/h5-11H,1-2H2,3-4H3,(H,23,24);2H,1H3. The van der Waals surface area contributed by atoms with Crippen molar-refractivity contribution < 1.29 is 15.0 Å². The number of halogens is 1. The Morgan fingerprint density at radius 3 is 2.08 bits per heavy atom. The molecule has 1 heterocycles. The van der Waals surface area contributed by atoms with E-state index in [1.54, 1.807) is 44.3 Å². The van der Waals surface area contributed by atoms with Gasteiger partial charge in [0.15, 0.2) is 0 Å². The van der Waals surface area contributed by atoms with Crippen molar-refractivity contribution in [3.63, 3.8) is 0 Å². The molecule has 1 aromatic carbocycles. The van der Waals surface area contributed by atoms with E-state index in [0.717, 1.165) is 12.7 Å². The molecular formula is C20H22ClNO4. The first-order valence-corrected chi connectivity index (χ1v) is 8.16. The van der Waals surface area contributed by atoms with Crippen LogP contribution in [0.5, 0.6) is 0 Å². The van der Waals surface area contributed by atoms with Crippen molar-refractivity contribution in [1.29, 1.82) is 0 Å². The maximum Gasteiger partial charge on any atom is 0.312 e. The van der Waals surface area contributed by atoms with Crippen molar-refractivity contribution in [2.45, 2.75) is 12.8 Å². The van der Waals surface area contributed by atoms with Gasteiger partial charge in [-0.15, -0.1) is 0 Å². The number of aliphatic hydroxyl groups is 1. The van der Waals surface area contributed by atoms with Gasteiger partial charge in [0.2, 0.25) is 0 Å². The minimum atomic E-state index is -1.01. The van der Waals surface area contributed by atoms with Crippen LogP contribution in [0.15, 0.2) is 42.2 Å². The summed E-state index contributed by atoms with van der Waals surface area (Å²) in [5, 5.41) is 17.0. The van der Waals surface area contributed by atoms with Crippen molar-refractivity contribution in [3.8, 4) is 11.1 Å². The SMILES string of the molecule is C=Cc1c(-c2ccc(Cl)cc2)c(C(C)C(=O)O)n(C)c(=O)c1C=C.CO. The van der Waals surface area contributed by atoms with Gasteiger partial charge in [0, 0.05) is 36.0 Å². The predicted molar refractivity (Wildman–Crippen MR) is 107 cm³/mol. The van der Waals surface area contributed by atoms with E-state index in [2.05, 4.69) is 13.2 Å².